The van der Waals surface area contributed by atoms with Gasteiger partial charge in [-0.25, -0.2) is 8.78 Å². The summed E-state index contributed by atoms with van der Waals surface area (Å²) in [4.78, 5) is 50.9. The molecular formula is C23H27F2N3O5. The van der Waals surface area contributed by atoms with Crippen molar-refractivity contribution in [3.8, 4) is 5.75 Å². The van der Waals surface area contributed by atoms with E-state index in [4.69, 9.17) is 4.74 Å². The zero-order valence-electron chi connectivity index (χ0n) is 18.5. The number of ether oxygens (including phenoxy) is 1. The number of halogens is 2. The smallest absolute Gasteiger partial charge is 0.261 e. The Bertz CT molecular complexity index is 985. The Balaban J connectivity index is 1.41. The first kappa shape index (κ1) is 23.1. The summed E-state index contributed by atoms with van der Waals surface area (Å²) in [7, 11) is 0. The van der Waals surface area contributed by atoms with Gasteiger partial charge in [-0.1, -0.05) is 13.8 Å². The van der Waals surface area contributed by atoms with E-state index in [1.165, 1.54) is 11.0 Å². The van der Waals surface area contributed by atoms with E-state index in [1.54, 1.807) is 0 Å². The van der Waals surface area contributed by atoms with Crippen LogP contribution in [0.25, 0.3) is 0 Å². The number of hydrogen-bond donors (Lipinski definition) is 2. The van der Waals surface area contributed by atoms with Crippen molar-refractivity contribution in [1.29, 1.82) is 0 Å². The highest BCUT2D eigenvalue weighted by molar-refractivity contribution is 5.91. The Hall–Kier alpha value is -3.04. The number of benzene rings is 1. The molecule has 2 heterocycles. The molecule has 0 spiro atoms. The summed E-state index contributed by atoms with van der Waals surface area (Å²) in [5.41, 5.74) is -0.123. The van der Waals surface area contributed by atoms with Gasteiger partial charge in [-0.05, 0) is 42.2 Å². The number of carbonyl (C=O) groups excluding carboxylic acids is 4. The van der Waals surface area contributed by atoms with E-state index in [-0.39, 0.29) is 41.2 Å². The minimum Gasteiger partial charge on any atom is -0.484 e. The Labute approximate surface area is 190 Å². The highest BCUT2D eigenvalue weighted by Crippen LogP contribution is 2.64. The van der Waals surface area contributed by atoms with E-state index in [0.717, 1.165) is 12.1 Å². The molecule has 2 saturated heterocycles. The van der Waals surface area contributed by atoms with Crippen molar-refractivity contribution in [3.05, 3.63) is 29.8 Å². The molecule has 2 N–H and O–H groups in total. The van der Waals surface area contributed by atoms with Crippen molar-refractivity contribution >= 4 is 24.0 Å². The lowest BCUT2D eigenvalue weighted by Gasteiger charge is -2.31. The van der Waals surface area contributed by atoms with E-state index >= 15 is 0 Å². The van der Waals surface area contributed by atoms with Gasteiger partial charge < -0.3 is 25.1 Å². The molecule has 1 aliphatic carbocycles. The first-order chi connectivity index (χ1) is 15.6. The maximum atomic E-state index is 13.4. The predicted octanol–water partition coefficient (Wildman–Crippen LogP) is 1.04. The Kier molecular flexibility index (Phi) is 6.11. The molecule has 178 valence electrons. The van der Waals surface area contributed by atoms with Crippen LogP contribution in [0.2, 0.25) is 0 Å². The first-order valence-electron chi connectivity index (χ1n) is 11.0. The average molecular weight is 463 g/mol. The first-order valence-corrected chi connectivity index (χ1v) is 11.0. The van der Waals surface area contributed by atoms with Gasteiger partial charge in [-0.2, -0.15) is 0 Å². The normalized spacial score (nSPS) is 28.0. The van der Waals surface area contributed by atoms with Crippen LogP contribution >= 0.6 is 0 Å². The van der Waals surface area contributed by atoms with Gasteiger partial charge in [0.2, 0.25) is 11.8 Å². The molecule has 0 bridgehead atoms. The highest BCUT2D eigenvalue weighted by atomic mass is 19.2. The summed E-state index contributed by atoms with van der Waals surface area (Å²) in [6.07, 6.45) is 1.43. The minimum absolute atomic E-state index is 0.00352. The quantitative estimate of drug-likeness (QED) is 0.561. The number of nitrogens with one attached hydrogen (secondary N) is 2. The fraction of sp³-hybridized carbons (Fsp3) is 0.565. The predicted molar refractivity (Wildman–Crippen MR) is 112 cm³/mol. The van der Waals surface area contributed by atoms with Crippen LogP contribution in [-0.4, -0.2) is 60.7 Å². The number of likely N-dealkylation sites (tertiary alicyclic amines) is 1. The van der Waals surface area contributed by atoms with Crippen LogP contribution < -0.4 is 15.4 Å². The standard InChI is InChI=1S/C23H27F2N3O5/c1-23(2)15-9-28(18(30)11-33-14-3-4-16(24)17(25)8-14)20(19(15)23)22(32)27-13(10-29)7-12-5-6-26-21(12)31/h3-4,8,10,12-13,15,19-20H,5-7,9,11H2,1-2H3,(H,26,31)(H,27,32)/t12-,13-,15-,19-,20?/m0/s1. The van der Waals surface area contributed by atoms with Crippen molar-refractivity contribution < 1.29 is 32.7 Å². The Morgan fingerprint density at radius 3 is 2.73 bits per heavy atom. The molecule has 10 heteroatoms. The number of hydrogen-bond acceptors (Lipinski definition) is 5. The molecule has 0 aromatic heterocycles. The van der Waals surface area contributed by atoms with Gasteiger partial charge >= 0.3 is 0 Å². The van der Waals surface area contributed by atoms with Gasteiger partial charge in [0, 0.05) is 25.1 Å². The van der Waals surface area contributed by atoms with Gasteiger partial charge in [-0.3, -0.25) is 14.4 Å². The largest absolute Gasteiger partial charge is 0.484 e. The zero-order valence-corrected chi connectivity index (χ0v) is 18.5. The van der Waals surface area contributed by atoms with Gasteiger partial charge in [0.15, 0.2) is 18.2 Å². The second kappa shape index (κ2) is 8.72. The lowest BCUT2D eigenvalue weighted by molar-refractivity contribution is -0.142. The molecule has 33 heavy (non-hydrogen) atoms. The van der Waals surface area contributed by atoms with Gasteiger partial charge in [0.05, 0.1) is 6.04 Å². The molecular weight excluding hydrogens is 436 g/mol. The second-order valence-electron chi connectivity index (χ2n) is 9.57. The number of rotatable bonds is 8. The molecule has 2 aliphatic heterocycles. The minimum atomic E-state index is -1.09. The van der Waals surface area contributed by atoms with Crippen molar-refractivity contribution in [2.24, 2.45) is 23.2 Å². The zero-order chi connectivity index (χ0) is 23.9. The molecule has 5 atom stereocenters. The summed E-state index contributed by atoms with van der Waals surface area (Å²) >= 11 is 0. The third kappa shape index (κ3) is 4.43. The van der Waals surface area contributed by atoms with Gasteiger partial charge in [-0.15, -0.1) is 0 Å². The molecule has 3 amide bonds. The van der Waals surface area contributed by atoms with E-state index in [2.05, 4.69) is 10.6 Å². The van der Waals surface area contributed by atoms with Crippen LogP contribution in [-0.2, 0) is 19.2 Å². The van der Waals surface area contributed by atoms with Crippen molar-refractivity contribution in [3.63, 3.8) is 0 Å². The monoisotopic (exact) mass is 463 g/mol. The number of aldehydes is 1. The van der Waals surface area contributed by atoms with E-state index in [0.29, 0.717) is 25.8 Å². The maximum Gasteiger partial charge on any atom is 0.261 e. The number of piperidine rings is 1. The van der Waals surface area contributed by atoms with Gasteiger partial charge in [0.1, 0.15) is 18.1 Å². The molecule has 3 fully saturated rings. The van der Waals surface area contributed by atoms with Crippen LogP contribution in [0.1, 0.15) is 26.7 Å². The Morgan fingerprint density at radius 2 is 2.09 bits per heavy atom. The van der Waals surface area contributed by atoms with Crippen LogP contribution in [0.5, 0.6) is 5.75 Å². The lowest BCUT2D eigenvalue weighted by atomic mass is 9.97. The van der Waals surface area contributed by atoms with Crippen LogP contribution in [0.4, 0.5) is 8.78 Å². The third-order valence-corrected chi connectivity index (χ3v) is 7.24. The highest BCUT2D eigenvalue weighted by Gasteiger charge is 2.69. The second-order valence-corrected chi connectivity index (χ2v) is 9.57. The lowest BCUT2D eigenvalue weighted by Crippen LogP contribution is -2.53. The van der Waals surface area contributed by atoms with Crippen LogP contribution in [0.15, 0.2) is 18.2 Å². The van der Waals surface area contributed by atoms with Crippen molar-refractivity contribution in [2.45, 2.75) is 38.8 Å². The average Bonchev–Trinajstić information content (AvgIpc) is 3.13. The van der Waals surface area contributed by atoms with Gasteiger partial charge in [0.25, 0.3) is 5.91 Å². The summed E-state index contributed by atoms with van der Waals surface area (Å²) in [6, 6.07) is 1.37. The van der Waals surface area contributed by atoms with E-state index < -0.39 is 42.1 Å². The number of fused-ring (bicyclic) bond motifs is 1. The SMILES string of the molecule is CC1(C)[C@@H]2C(C(=O)N[C@H](C=O)C[C@@H]3CCNC3=O)N(C(=O)COc3ccc(F)c(F)c3)C[C@@H]21. The molecule has 1 saturated carbocycles. The molecule has 4 rings (SSSR count). The molecule has 1 aromatic rings. The summed E-state index contributed by atoms with van der Waals surface area (Å²) in [5.74, 6) is -3.40. The molecule has 8 nitrogen and oxygen atoms in total. The molecule has 1 unspecified atom stereocenters. The fourth-order valence-corrected chi connectivity index (χ4v) is 5.23. The number of amides is 3. The molecule has 1 aromatic carbocycles. The summed E-state index contributed by atoms with van der Waals surface area (Å²) < 4.78 is 31.8. The third-order valence-electron chi connectivity index (χ3n) is 7.24. The summed E-state index contributed by atoms with van der Waals surface area (Å²) in [6.45, 7) is 4.54. The number of carbonyl (C=O) groups is 4. The number of nitrogens with zero attached hydrogens (tertiary/aromatic N) is 1. The molecule has 0 radical (unpaired) electrons. The summed E-state index contributed by atoms with van der Waals surface area (Å²) in [5, 5.41) is 5.42. The van der Waals surface area contributed by atoms with E-state index in [9.17, 15) is 28.0 Å². The van der Waals surface area contributed by atoms with E-state index in [1.807, 2.05) is 13.8 Å². The van der Waals surface area contributed by atoms with Crippen molar-refractivity contribution in [1.82, 2.24) is 15.5 Å². The van der Waals surface area contributed by atoms with Crippen LogP contribution in [0.3, 0.4) is 0 Å². The topological polar surface area (TPSA) is 105 Å². The fourth-order valence-electron chi connectivity index (χ4n) is 5.23. The Morgan fingerprint density at radius 1 is 1.33 bits per heavy atom. The van der Waals surface area contributed by atoms with Crippen molar-refractivity contribution in [2.75, 3.05) is 19.7 Å². The maximum absolute atomic E-state index is 13.4. The van der Waals surface area contributed by atoms with Crippen LogP contribution in [0, 0.1) is 34.8 Å². The molecule has 3 aliphatic rings.